The van der Waals surface area contributed by atoms with Crippen LogP contribution in [0.25, 0.3) is 0 Å². The van der Waals surface area contributed by atoms with Crippen LogP contribution >= 0.6 is 0 Å². The number of carboxylic acid groups (broad SMARTS) is 2. The number of ether oxygens (including phenoxy) is 1. The number of hydrogen-bond acceptors (Lipinski definition) is 6. The van der Waals surface area contributed by atoms with Crippen LogP contribution in [0.3, 0.4) is 0 Å². The fourth-order valence-corrected chi connectivity index (χ4v) is 4.38. The molecule has 1 saturated carbocycles. The molecule has 0 aromatic rings. The van der Waals surface area contributed by atoms with Crippen molar-refractivity contribution in [3.8, 4) is 0 Å². The molecule has 2 heterocycles. The molecular formula is C22H34F6N2O6. The highest BCUT2D eigenvalue weighted by atomic mass is 19.4. The zero-order valence-corrected chi connectivity index (χ0v) is 20.5. The topological polar surface area (TPSA) is 107 Å². The summed E-state index contributed by atoms with van der Waals surface area (Å²) in [5, 5.41) is 14.2. The lowest BCUT2D eigenvalue weighted by atomic mass is 9.75. The van der Waals surface area contributed by atoms with Crippen LogP contribution in [-0.4, -0.2) is 95.6 Å². The number of rotatable bonds is 5. The van der Waals surface area contributed by atoms with E-state index in [0.29, 0.717) is 18.6 Å². The van der Waals surface area contributed by atoms with Gasteiger partial charge in [0.05, 0.1) is 12.0 Å². The van der Waals surface area contributed by atoms with Crippen LogP contribution in [-0.2, 0) is 19.1 Å². The molecule has 0 radical (unpaired) electrons. The van der Waals surface area contributed by atoms with Gasteiger partial charge in [0, 0.05) is 38.1 Å². The van der Waals surface area contributed by atoms with E-state index in [1.807, 2.05) is 6.92 Å². The minimum atomic E-state index is -5.08. The number of likely N-dealkylation sites (tertiary alicyclic amines) is 2. The van der Waals surface area contributed by atoms with E-state index < -0.39 is 24.3 Å². The van der Waals surface area contributed by atoms with Crippen LogP contribution in [0.2, 0.25) is 0 Å². The van der Waals surface area contributed by atoms with Gasteiger partial charge in [0.15, 0.2) is 0 Å². The summed E-state index contributed by atoms with van der Waals surface area (Å²) in [6.45, 7) is 12.3. The Bertz CT molecular complexity index is 732. The van der Waals surface area contributed by atoms with E-state index in [0.717, 1.165) is 44.9 Å². The van der Waals surface area contributed by atoms with Gasteiger partial charge in [-0.15, -0.1) is 0 Å². The summed E-state index contributed by atoms with van der Waals surface area (Å²) in [7, 11) is 0. The highest BCUT2D eigenvalue weighted by Crippen LogP contribution is 2.45. The molecule has 0 unspecified atom stereocenters. The minimum absolute atomic E-state index is 0.0661. The van der Waals surface area contributed by atoms with E-state index in [4.69, 9.17) is 24.5 Å². The second-order valence-corrected chi connectivity index (χ2v) is 9.51. The zero-order chi connectivity index (χ0) is 27.9. The summed E-state index contributed by atoms with van der Waals surface area (Å²) in [6, 6.07) is 0.509. The highest BCUT2D eigenvalue weighted by Gasteiger charge is 2.54. The summed E-state index contributed by atoms with van der Waals surface area (Å²) in [6.07, 6.45) is -5.22. The summed E-state index contributed by atoms with van der Waals surface area (Å²) in [4.78, 5) is 35.7. The molecule has 14 heteroatoms. The maximum atomic E-state index is 12.8. The molecule has 2 atom stereocenters. The van der Waals surface area contributed by atoms with Gasteiger partial charge in [-0.05, 0) is 58.9 Å². The summed E-state index contributed by atoms with van der Waals surface area (Å²) < 4.78 is 69.0. The molecule has 0 spiro atoms. The van der Waals surface area contributed by atoms with Gasteiger partial charge in [-0.1, -0.05) is 0 Å². The van der Waals surface area contributed by atoms with E-state index in [1.165, 1.54) is 19.4 Å². The number of hydrogen-bond donors (Lipinski definition) is 2. The standard InChI is InChI=1S/C18H32N2O2.2C2HF3O2/c1-4-22-17(21)18-8-5-9-19(10-15-6-7-15)11-16(18)12-20(13-18)14(2)3;2*3-2(4,5)1(6)7/h14-16H,4-13H2,1-3H3;2*(H,6,7)/t16-,18-;;/m0../s1. The molecule has 2 saturated heterocycles. The van der Waals surface area contributed by atoms with Gasteiger partial charge in [0.25, 0.3) is 0 Å². The first-order chi connectivity index (χ1) is 16.4. The van der Waals surface area contributed by atoms with Crippen LogP contribution in [0, 0.1) is 17.3 Å². The molecule has 1 aliphatic carbocycles. The molecule has 0 aromatic heterocycles. The van der Waals surface area contributed by atoms with E-state index >= 15 is 0 Å². The van der Waals surface area contributed by atoms with Crippen molar-refractivity contribution in [3.05, 3.63) is 0 Å². The normalized spacial score (nSPS) is 25.0. The molecule has 36 heavy (non-hydrogen) atoms. The summed E-state index contributed by atoms with van der Waals surface area (Å²) in [5.74, 6) is -4.08. The zero-order valence-electron chi connectivity index (χ0n) is 20.5. The number of carboxylic acids is 2. The van der Waals surface area contributed by atoms with Gasteiger partial charge in [-0.25, -0.2) is 9.59 Å². The lowest BCUT2D eigenvalue weighted by molar-refractivity contribution is -0.193. The Labute approximate surface area is 205 Å². The molecule has 210 valence electrons. The maximum absolute atomic E-state index is 12.8. The summed E-state index contributed by atoms with van der Waals surface area (Å²) >= 11 is 0. The maximum Gasteiger partial charge on any atom is 0.490 e. The highest BCUT2D eigenvalue weighted by molar-refractivity contribution is 5.78. The fraction of sp³-hybridized carbons (Fsp3) is 0.864. The predicted molar refractivity (Wildman–Crippen MR) is 115 cm³/mol. The number of alkyl halides is 6. The van der Waals surface area contributed by atoms with Crippen LogP contribution < -0.4 is 0 Å². The second-order valence-electron chi connectivity index (χ2n) is 9.51. The second kappa shape index (κ2) is 12.9. The first-order valence-electron chi connectivity index (χ1n) is 11.7. The van der Waals surface area contributed by atoms with Gasteiger partial charge < -0.3 is 19.8 Å². The van der Waals surface area contributed by atoms with Gasteiger partial charge >= 0.3 is 30.3 Å². The van der Waals surface area contributed by atoms with Gasteiger partial charge in [0.1, 0.15) is 0 Å². The SMILES string of the molecule is CCOC(=O)[C@]12CCCN(CC3CC3)C[C@H]1CN(C(C)C)C2.O=C(O)C(F)(F)F.O=C(O)C(F)(F)F. The van der Waals surface area contributed by atoms with Gasteiger partial charge in [0.2, 0.25) is 0 Å². The van der Waals surface area contributed by atoms with Gasteiger partial charge in [-0.2, -0.15) is 26.3 Å². The monoisotopic (exact) mass is 536 g/mol. The van der Waals surface area contributed by atoms with Crippen molar-refractivity contribution in [2.45, 2.75) is 64.8 Å². The number of carbonyl (C=O) groups excluding carboxylic acids is 1. The number of carbonyl (C=O) groups is 3. The number of aliphatic carboxylic acids is 2. The quantitative estimate of drug-likeness (QED) is 0.405. The Balaban J connectivity index is 0.000000383. The van der Waals surface area contributed by atoms with Crippen LogP contribution in [0.5, 0.6) is 0 Å². The first-order valence-corrected chi connectivity index (χ1v) is 11.7. The fourth-order valence-electron chi connectivity index (χ4n) is 4.38. The average molecular weight is 537 g/mol. The number of esters is 1. The number of fused-ring (bicyclic) bond motifs is 1. The van der Waals surface area contributed by atoms with Crippen molar-refractivity contribution < 1.29 is 55.7 Å². The first kappa shape index (κ1) is 31.9. The Kier molecular flexibility index (Phi) is 11.5. The Hall–Kier alpha value is -2.09. The molecule has 0 aromatic carbocycles. The predicted octanol–water partition coefficient (Wildman–Crippen LogP) is 3.65. The molecule has 2 aliphatic heterocycles. The smallest absolute Gasteiger partial charge is 0.475 e. The third kappa shape index (κ3) is 9.75. The van der Waals surface area contributed by atoms with Crippen molar-refractivity contribution in [2.24, 2.45) is 17.3 Å². The Morgan fingerprint density at radius 3 is 1.89 bits per heavy atom. The lowest BCUT2D eigenvalue weighted by Crippen LogP contribution is -2.43. The molecule has 3 aliphatic rings. The van der Waals surface area contributed by atoms with Crippen molar-refractivity contribution >= 4 is 17.9 Å². The van der Waals surface area contributed by atoms with Crippen molar-refractivity contribution in [2.75, 3.05) is 39.3 Å². The molecule has 0 amide bonds. The third-order valence-corrected chi connectivity index (χ3v) is 6.41. The average Bonchev–Trinajstić information content (AvgIpc) is 3.50. The largest absolute Gasteiger partial charge is 0.490 e. The van der Waals surface area contributed by atoms with E-state index in [2.05, 4.69) is 23.6 Å². The van der Waals surface area contributed by atoms with Crippen LogP contribution in [0.4, 0.5) is 26.3 Å². The minimum Gasteiger partial charge on any atom is -0.475 e. The molecular weight excluding hydrogens is 502 g/mol. The Morgan fingerprint density at radius 2 is 1.50 bits per heavy atom. The van der Waals surface area contributed by atoms with E-state index in [9.17, 15) is 31.1 Å². The van der Waals surface area contributed by atoms with Crippen molar-refractivity contribution in [1.82, 2.24) is 9.80 Å². The third-order valence-electron chi connectivity index (χ3n) is 6.41. The molecule has 3 fully saturated rings. The molecule has 8 nitrogen and oxygen atoms in total. The van der Waals surface area contributed by atoms with E-state index in [-0.39, 0.29) is 11.4 Å². The molecule has 0 bridgehead atoms. The molecule has 3 rings (SSSR count). The van der Waals surface area contributed by atoms with E-state index in [1.54, 1.807) is 0 Å². The van der Waals surface area contributed by atoms with Crippen molar-refractivity contribution in [3.63, 3.8) is 0 Å². The van der Waals surface area contributed by atoms with Crippen LogP contribution in [0.15, 0.2) is 0 Å². The number of nitrogens with zero attached hydrogens (tertiary/aromatic N) is 2. The lowest BCUT2D eigenvalue weighted by Gasteiger charge is -2.31. The number of halogens is 6. The van der Waals surface area contributed by atoms with Crippen LogP contribution in [0.1, 0.15) is 46.5 Å². The van der Waals surface area contributed by atoms with Gasteiger partial charge in [-0.3, -0.25) is 9.69 Å². The van der Waals surface area contributed by atoms with Crippen molar-refractivity contribution in [1.29, 1.82) is 0 Å². The summed E-state index contributed by atoms with van der Waals surface area (Å²) in [5.41, 5.74) is -0.251. The Morgan fingerprint density at radius 1 is 1.00 bits per heavy atom. The molecule has 2 N–H and O–H groups in total.